The molecule has 0 aromatic heterocycles. The van der Waals surface area contributed by atoms with Gasteiger partial charge in [-0.3, -0.25) is 0 Å². The number of hydrogen-bond donors (Lipinski definition) is 1. The lowest BCUT2D eigenvalue weighted by atomic mass is 9.97. The minimum atomic E-state index is -0.165. The topological polar surface area (TPSA) is 26.0 Å². The molecule has 2 N–H and O–H groups in total. The Morgan fingerprint density at radius 3 is 2.41 bits per heavy atom. The minimum absolute atomic E-state index is 0.165. The van der Waals surface area contributed by atoms with Gasteiger partial charge in [-0.25, -0.2) is 4.39 Å². The highest BCUT2D eigenvalue weighted by molar-refractivity contribution is 5.68. The van der Waals surface area contributed by atoms with Gasteiger partial charge in [0, 0.05) is 6.54 Å². The molecular weight excluding hydrogens is 213 g/mol. The van der Waals surface area contributed by atoms with E-state index in [9.17, 15) is 4.39 Å². The number of halogens is 1. The van der Waals surface area contributed by atoms with Gasteiger partial charge in [0.2, 0.25) is 0 Å². The SMILES string of the molecule is Cc1cc(-c2cc(CN)ccc2C)ccc1F. The maximum Gasteiger partial charge on any atom is 0.126 e. The fourth-order valence-corrected chi connectivity index (χ4v) is 1.92. The zero-order valence-electron chi connectivity index (χ0n) is 10.1. The molecule has 0 saturated carbocycles. The summed E-state index contributed by atoms with van der Waals surface area (Å²) in [5.41, 5.74) is 10.7. The van der Waals surface area contributed by atoms with Gasteiger partial charge in [-0.2, -0.15) is 0 Å². The lowest BCUT2D eigenvalue weighted by molar-refractivity contribution is 0.619. The van der Waals surface area contributed by atoms with E-state index in [-0.39, 0.29) is 5.82 Å². The van der Waals surface area contributed by atoms with Gasteiger partial charge >= 0.3 is 0 Å². The first-order chi connectivity index (χ1) is 8.11. The summed E-state index contributed by atoms with van der Waals surface area (Å²) in [5.74, 6) is -0.165. The van der Waals surface area contributed by atoms with Crippen LogP contribution in [0.3, 0.4) is 0 Å². The van der Waals surface area contributed by atoms with Crippen molar-refractivity contribution >= 4 is 0 Å². The van der Waals surface area contributed by atoms with Crippen molar-refractivity contribution in [1.82, 2.24) is 0 Å². The summed E-state index contributed by atoms with van der Waals surface area (Å²) >= 11 is 0. The average Bonchev–Trinajstić information content (AvgIpc) is 2.33. The van der Waals surface area contributed by atoms with Crippen LogP contribution in [0.1, 0.15) is 16.7 Å². The third-order valence-electron chi connectivity index (χ3n) is 3.01. The molecule has 0 radical (unpaired) electrons. The second-order valence-corrected chi connectivity index (χ2v) is 4.32. The van der Waals surface area contributed by atoms with Crippen LogP contribution < -0.4 is 5.73 Å². The fourth-order valence-electron chi connectivity index (χ4n) is 1.92. The van der Waals surface area contributed by atoms with Crippen molar-refractivity contribution < 1.29 is 4.39 Å². The van der Waals surface area contributed by atoms with Crippen LogP contribution in [0.15, 0.2) is 36.4 Å². The van der Waals surface area contributed by atoms with Crippen molar-refractivity contribution in [2.75, 3.05) is 0 Å². The summed E-state index contributed by atoms with van der Waals surface area (Å²) in [6.45, 7) is 4.35. The van der Waals surface area contributed by atoms with Gasteiger partial charge in [-0.15, -0.1) is 0 Å². The summed E-state index contributed by atoms with van der Waals surface area (Å²) < 4.78 is 13.2. The van der Waals surface area contributed by atoms with Crippen molar-refractivity contribution in [3.05, 3.63) is 58.9 Å². The summed E-state index contributed by atoms with van der Waals surface area (Å²) in [7, 11) is 0. The summed E-state index contributed by atoms with van der Waals surface area (Å²) in [6.07, 6.45) is 0. The molecule has 0 amide bonds. The molecule has 0 heterocycles. The zero-order valence-corrected chi connectivity index (χ0v) is 10.1. The molecule has 0 atom stereocenters. The largest absolute Gasteiger partial charge is 0.326 e. The molecule has 88 valence electrons. The molecule has 2 aromatic carbocycles. The average molecular weight is 229 g/mol. The first-order valence-electron chi connectivity index (χ1n) is 5.68. The molecule has 0 aliphatic rings. The van der Waals surface area contributed by atoms with E-state index >= 15 is 0 Å². The summed E-state index contributed by atoms with van der Waals surface area (Å²) in [4.78, 5) is 0. The number of aryl methyl sites for hydroxylation is 2. The van der Waals surface area contributed by atoms with E-state index in [4.69, 9.17) is 5.73 Å². The summed E-state index contributed by atoms with van der Waals surface area (Å²) in [6, 6.07) is 11.3. The first-order valence-corrected chi connectivity index (χ1v) is 5.68. The first kappa shape index (κ1) is 11.8. The standard InChI is InChI=1S/C15H16FN/c1-10-3-4-12(9-17)8-14(10)13-5-6-15(16)11(2)7-13/h3-8H,9,17H2,1-2H3. The van der Waals surface area contributed by atoms with Crippen LogP contribution in [-0.4, -0.2) is 0 Å². The monoisotopic (exact) mass is 229 g/mol. The van der Waals surface area contributed by atoms with Crippen LogP contribution in [0.2, 0.25) is 0 Å². The van der Waals surface area contributed by atoms with E-state index in [1.165, 1.54) is 11.6 Å². The van der Waals surface area contributed by atoms with Crippen LogP contribution >= 0.6 is 0 Å². The molecule has 0 fully saturated rings. The maximum atomic E-state index is 13.2. The van der Waals surface area contributed by atoms with E-state index in [2.05, 4.69) is 12.1 Å². The normalized spacial score (nSPS) is 10.6. The van der Waals surface area contributed by atoms with Gasteiger partial charge in [-0.05, 0) is 59.9 Å². The van der Waals surface area contributed by atoms with E-state index in [0.717, 1.165) is 16.7 Å². The Hall–Kier alpha value is -1.67. The van der Waals surface area contributed by atoms with Gasteiger partial charge in [0.15, 0.2) is 0 Å². The Balaban J connectivity index is 2.55. The second kappa shape index (κ2) is 4.68. The maximum absolute atomic E-state index is 13.2. The molecule has 1 nitrogen and oxygen atoms in total. The number of nitrogens with two attached hydrogens (primary N) is 1. The van der Waals surface area contributed by atoms with Gasteiger partial charge in [0.25, 0.3) is 0 Å². The summed E-state index contributed by atoms with van der Waals surface area (Å²) in [5, 5.41) is 0. The van der Waals surface area contributed by atoms with Crippen molar-refractivity contribution in [2.24, 2.45) is 5.73 Å². The van der Waals surface area contributed by atoms with Gasteiger partial charge in [0.05, 0.1) is 0 Å². The van der Waals surface area contributed by atoms with Crippen LogP contribution in [0.4, 0.5) is 4.39 Å². The number of hydrogen-bond acceptors (Lipinski definition) is 1. The third kappa shape index (κ3) is 2.37. The van der Waals surface area contributed by atoms with Crippen molar-refractivity contribution in [3.63, 3.8) is 0 Å². The molecule has 0 aliphatic carbocycles. The molecule has 0 bridgehead atoms. The molecule has 0 saturated heterocycles. The predicted octanol–water partition coefficient (Wildman–Crippen LogP) is 3.57. The molecule has 0 spiro atoms. The smallest absolute Gasteiger partial charge is 0.126 e. The Bertz CT molecular complexity index is 547. The minimum Gasteiger partial charge on any atom is -0.326 e. The van der Waals surface area contributed by atoms with Crippen molar-refractivity contribution in [1.29, 1.82) is 0 Å². The Labute approximate surface area is 101 Å². The van der Waals surface area contributed by atoms with E-state index in [1.807, 2.05) is 25.1 Å². The van der Waals surface area contributed by atoms with E-state index < -0.39 is 0 Å². The number of rotatable bonds is 2. The molecule has 17 heavy (non-hydrogen) atoms. The van der Waals surface area contributed by atoms with Crippen molar-refractivity contribution in [3.8, 4) is 11.1 Å². The van der Waals surface area contributed by atoms with Crippen LogP contribution in [0.5, 0.6) is 0 Å². The molecule has 2 rings (SSSR count). The molecule has 0 aliphatic heterocycles. The highest BCUT2D eigenvalue weighted by atomic mass is 19.1. The lowest BCUT2D eigenvalue weighted by Crippen LogP contribution is -1.97. The molecule has 0 unspecified atom stereocenters. The van der Waals surface area contributed by atoms with Gasteiger partial charge in [-0.1, -0.05) is 18.2 Å². The molecular formula is C15H16FN. The fraction of sp³-hybridized carbons (Fsp3) is 0.200. The molecule has 2 aromatic rings. The Kier molecular flexibility index (Phi) is 3.25. The van der Waals surface area contributed by atoms with Crippen LogP contribution in [0.25, 0.3) is 11.1 Å². The van der Waals surface area contributed by atoms with Crippen LogP contribution in [-0.2, 0) is 6.54 Å². The van der Waals surface area contributed by atoms with E-state index in [0.29, 0.717) is 12.1 Å². The third-order valence-corrected chi connectivity index (χ3v) is 3.01. The zero-order chi connectivity index (χ0) is 12.4. The van der Waals surface area contributed by atoms with E-state index in [1.54, 1.807) is 6.92 Å². The Morgan fingerprint density at radius 1 is 1.00 bits per heavy atom. The molecule has 2 heteroatoms. The van der Waals surface area contributed by atoms with Gasteiger partial charge < -0.3 is 5.73 Å². The second-order valence-electron chi connectivity index (χ2n) is 4.32. The lowest BCUT2D eigenvalue weighted by Gasteiger charge is -2.09. The highest BCUT2D eigenvalue weighted by Crippen LogP contribution is 2.26. The highest BCUT2D eigenvalue weighted by Gasteiger charge is 2.05. The number of benzene rings is 2. The van der Waals surface area contributed by atoms with Gasteiger partial charge in [0.1, 0.15) is 5.82 Å². The predicted molar refractivity (Wildman–Crippen MR) is 69.2 cm³/mol. The quantitative estimate of drug-likeness (QED) is 0.837. The van der Waals surface area contributed by atoms with Crippen LogP contribution in [0, 0.1) is 19.7 Å². The Morgan fingerprint density at radius 2 is 1.76 bits per heavy atom. The van der Waals surface area contributed by atoms with Crippen molar-refractivity contribution in [2.45, 2.75) is 20.4 Å².